The van der Waals surface area contributed by atoms with E-state index < -0.39 is 36.7 Å². The molecule has 0 aromatic rings. The lowest BCUT2D eigenvalue weighted by atomic mass is 9.95. The van der Waals surface area contributed by atoms with Crippen molar-refractivity contribution in [1.82, 2.24) is 10.2 Å². The van der Waals surface area contributed by atoms with E-state index in [9.17, 15) is 9.90 Å². The van der Waals surface area contributed by atoms with Crippen molar-refractivity contribution in [3.8, 4) is 0 Å². The van der Waals surface area contributed by atoms with E-state index >= 15 is 0 Å². The Morgan fingerprint density at radius 1 is 1.14 bits per heavy atom. The molecule has 44 heavy (non-hydrogen) atoms. The number of allylic oxidation sites excluding steroid dienone is 6. The lowest BCUT2D eigenvalue weighted by molar-refractivity contribution is -0.244. The predicted octanol–water partition coefficient (Wildman–Crippen LogP) is 3.87. The first-order chi connectivity index (χ1) is 20.8. The molecule has 10 nitrogen and oxygen atoms in total. The number of nitrogens with two attached hydrogens (primary N) is 2. The molecule has 0 radical (unpaired) electrons. The summed E-state index contributed by atoms with van der Waals surface area (Å²) < 4.78 is 18.0. The molecule has 1 aliphatic rings. The topological polar surface area (TPSA) is 145 Å². The van der Waals surface area contributed by atoms with Crippen LogP contribution in [0.2, 0.25) is 0 Å². The van der Waals surface area contributed by atoms with Crippen molar-refractivity contribution < 1.29 is 24.1 Å². The molecule has 1 aliphatic heterocycles. The van der Waals surface area contributed by atoms with Crippen LogP contribution in [-0.4, -0.2) is 105 Å². The Hall–Kier alpha value is -1.92. The number of aliphatic imine (C=N–C) groups is 1. The number of aliphatic hydroxyl groups is 1. The van der Waals surface area contributed by atoms with E-state index in [4.69, 9.17) is 25.7 Å². The molecule has 254 valence electrons. The summed E-state index contributed by atoms with van der Waals surface area (Å²) in [6.07, 6.45) is 10.5. The summed E-state index contributed by atoms with van der Waals surface area (Å²) in [5, 5.41) is 14.9. The van der Waals surface area contributed by atoms with Gasteiger partial charge in [0.1, 0.15) is 18.8 Å². The number of hydrogen-bond donors (Lipinski definition) is 4. The number of rotatable bonds is 20. The molecule has 8 atom stereocenters. The van der Waals surface area contributed by atoms with Gasteiger partial charge in [0.2, 0.25) is 5.91 Å². The molecule has 0 aromatic carbocycles. The zero-order chi connectivity index (χ0) is 33.2. The Morgan fingerprint density at radius 2 is 1.80 bits per heavy atom. The molecule has 0 saturated carbocycles. The monoisotopic (exact) mass is 621 g/mol. The molecule has 1 fully saturated rings. The van der Waals surface area contributed by atoms with Gasteiger partial charge in [0.05, 0.1) is 24.3 Å². The van der Waals surface area contributed by atoms with E-state index in [0.29, 0.717) is 6.54 Å². The summed E-state index contributed by atoms with van der Waals surface area (Å²) >= 11 is 0. The second-order valence-corrected chi connectivity index (χ2v) is 12.5. The van der Waals surface area contributed by atoms with E-state index in [1.165, 1.54) is 21.6 Å². The van der Waals surface area contributed by atoms with Gasteiger partial charge in [0.15, 0.2) is 6.29 Å². The summed E-state index contributed by atoms with van der Waals surface area (Å²) in [4.78, 5) is 19.0. The minimum absolute atomic E-state index is 0.0442. The summed E-state index contributed by atoms with van der Waals surface area (Å²) in [6.45, 7) is 15.6. The fraction of sp³-hybridized carbons (Fsp3) is 0.765. The van der Waals surface area contributed by atoms with Crippen LogP contribution in [0, 0.1) is 0 Å². The minimum atomic E-state index is -1.16. The van der Waals surface area contributed by atoms with Gasteiger partial charge >= 0.3 is 0 Å². The van der Waals surface area contributed by atoms with Crippen LogP contribution in [0.5, 0.6) is 0 Å². The number of nitrogens with zero attached hydrogens (tertiary/aromatic N) is 2. The molecule has 1 amide bonds. The number of methoxy groups -OCH3 is 1. The molecule has 1 heterocycles. The largest absolute Gasteiger partial charge is 0.388 e. The third kappa shape index (κ3) is 14.9. The Kier molecular flexibility index (Phi) is 19.8. The number of nitrogens with one attached hydrogen (secondary N) is 1. The van der Waals surface area contributed by atoms with Gasteiger partial charge in [0.25, 0.3) is 0 Å². The maximum absolute atomic E-state index is 13.2. The quantitative estimate of drug-likeness (QED) is 0.118. The van der Waals surface area contributed by atoms with Crippen molar-refractivity contribution in [2.75, 3.05) is 33.8 Å². The average molecular weight is 622 g/mol. The molecule has 0 bridgehead atoms. The van der Waals surface area contributed by atoms with Crippen LogP contribution in [0.3, 0.4) is 0 Å². The van der Waals surface area contributed by atoms with Gasteiger partial charge in [-0.2, -0.15) is 0 Å². The first kappa shape index (κ1) is 40.1. The van der Waals surface area contributed by atoms with Crippen LogP contribution < -0.4 is 16.8 Å². The van der Waals surface area contributed by atoms with Crippen LogP contribution in [0.4, 0.5) is 0 Å². The third-order valence-corrected chi connectivity index (χ3v) is 8.12. The molecule has 0 aromatic heterocycles. The Balaban J connectivity index is 2.83. The number of ether oxygens (including phenoxy) is 3. The van der Waals surface area contributed by atoms with Gasteiger partial charge in [-0.1, -0.05) is 35.8 Å². The molecule has 0 spiro atoms. The molecule has 7 unspecified atom stereocenters. The number of likely N-dealkylation sites (N-methyl/N-ethyl adjacent to an activating group) is 2. The number of aliphatic hydroxyl groups excluding tert-OH is 1. The Labute approximate surface area is 267 Å². The first-order valence-corrected chi connectivity index (χ1v) is 16.3. The van der Waals surface area contributed by atoms with E-state index in [0.717, 1.165) is 45.1 Å². The number of carbonyl (C=O) groups is 1. The third-order valence-electron chi connectivity index (χ3n) is 8.12. The fourth-order valence-corrected chi connectivity index (χ4v) is 5.20. The number of amides is 1. The summed E-state index contributed by atoms with van der Waals surface area (Å²) in [6, 6.07) is -1.65. The van der Waals surface area contributed by atoms with Gasteiger partial charge in [-0.15, -0.1) is 0 Å². The highest BCUT2D eigenvalue weighted by atomic mass is 16.7. The van der Waals surface area contributed by atoms with Crippen LogP contribution in [-0.2, 0) is 19.0 Å². The minimum Gasteiger partial charge on any atom is -0.388 e. The number of hydrogen-bond acceptors (Lipinski definition) is 9. The highest BCUT2D eigenvalue weighted by Gasteiger charge is 2.41. The fourth-order valence-electron chi connectivity index (χ4n) is 5.20. The molecule has 6 N–H and O–H groups in total. The van der Waals surface area contributed by atoms with Crippen molar-refractivity contribution in [3.63, 3.8) is 0 Å². The van der Waals surface area contributed by atoms with Gasteiger partial charge in [0, 0.05) is 33.0 Å². The lowest BCUT2D eigenvalue weighted by Gasteiger charge is -2.42. The second-order valence-electron chi connectivity index (χ2n) is 12.5. The highest BCUT2D eigenvalue weighted by Crippen LogP contribution is 2.24. The molecule has 0 aliphatic carbocycles. The zero-order valence-corrected chi connectivity index (χ0v) is 28.9. The molecular weight excluding hydrogens is 558 g/mol. The smallest absolute Gasteiger partial charge is 0.244 e. The molecule has 1 saturated heterocycles. The lowest BCUT2D eigenvalue weighted by Crippen LogP contribution is -2.61. The standard InChI is InChI=1S/C34H63N5O5/c1-10-37-21-28-17-18-29(36)34(43-28)44-33(26(6)35)32(41)31(27(7)42-9)39(8)30(40)22-38-20-19-25(5)16-12-15-24(4)14-11-13-23(2)3/h13,15,19-20,26-29,31-34,37,41H,10-12,14,16-18,21-22,35-36H2,1-9H3/b24-15+,25-19+,38-20?/t26?,27?,28?,29-,31?,32?,33?,34?/m0/s1. The maximum Gasteiger partial charge on any atom is 0.244 e. The molecule has 1 rings (SSSR count). The second kappa shape index (κ2) is 21.8. The van der Waals surface area contributed by atoms with E-state index in [-0.39, 0.29) is 24.6 Å². The van der Waals surface area contributed by atoms with Gasteiger partial charge in [-0.3, -0.25) is 9.79 Å². The van der Waals surface area contributed by atoms with Crippen LogP contribution >= 0.6 is 0 Å². The Morgan fingerprint density at radius 3 is 2.41 bits per heavy atom. The summed E-state index contributed by atoms with van der Waals surface area (Å²) in [7, 11) is 3.18. The predicted molar refractivity (Wildman–Crippen MR) is 181 cm³/mol. The van der Waals surface area contributed by atoms with Gasteiger partial charge < -0.3 is 41.0 Å². The summed E-state index contributed by atoms with van der Waals surface area (Å²) in [5.41, 5.74) is 16.6. The Bertz CT molecular complexity index is 944. The van der Waals surface area contributed by atoms with Crippen molar-refractivity contribution in [2.24, 2.45) is 16.5 Å². The van der Waals surface area contributed by atoms with Gasteiger partial charge in [-0.25, -0.2) is 0 Å². The van der Waals surface area contributed by atoms with Gasteiger partial charge in [-0.05, 0) is 92.7 Å². The van der Waals surface area contributed by atoms with Crippen molar-refractivity contribution in [2.45, 2.75) is 136 Å². The molecular formula is C34H63N5O5. The molecule has 10 heteroatoms. The first-order valence-electron chi connectivity index (χ1n) is 16.3. The average Bonchev–Trinajstić information content (AvgIpc) is 2.97. The van der Waals surface area contributed by atoms with Crippen LogP contribution in [0.1, 0.15) is 87.0 Å². The summed E-state index contributed by atoms with van der Waals surface area (Å²) in [5.74, 6) is -0.255. The van der Waals surface area contributed by atoms with E-state index in [1.807, 2.05) is 13.0 Å². The van der Waals surface area contributed by atoms with Crippen molar-refractivity contribution >= 4 is 12.1 Å². The zero-order valence-electron chi connectivity index (χ0n) is 28.9. The van der Waals surface area contributed by atoms with Crippen LogP contribution in [0.15, 0.2) is 39.9 Å². The number of carbonyl (C=O) groups excluding carboxylic acids is 1. The normalized spacial score (nSPS) is 23.2. The SMILES string of the molecule is CCNCC1CC[C@H](N)C(OC(C(C)N)C(O)C(C(C)OC)N(C)C(=O)CN=C/C=C(\C)CC/C=C(\C)CCC=C(C)C)O1. The van der Waals surface area contributed by atoms with E-state index in [1.54, 1.807) is 34.2 Å². The highest BCUT2D eigenvalue weighted by molar-refractivity contribution is 5.81. The maximum atomic E-state index is 13.2. The van der Waals surface area contributed by atoms with Crippen molar-refractivity contribution in [1.29, 1.82) is 0 Å². The van der Waals surface area contributed by atoms with Crippen molar-refractivity contribution in [3.05, 3.63) is 34.9 Å². The van der Waals surface area contributed by atoms with Crippen LogP contribution in [0.25, 0.3) is 0 Å². The van der Waals surface area contributed by atoms with E-state index in [2.05, 4.69) is 50.2 Å².